The predicted octanol–water partition coefficient (Wildman–Crippen LogP) is 1.55. The molecule has 0 bridgehead atoms. The minimum Gasteiger partial charge on any atom is -0.359 e. The molecule has 0 aromatic heterocycles. The molecule has 0 aliphatic heterocycles. The Labute approximate surface area is 89.0 Å². The summed E-state index contributed by atoms with van der Waals surface area (Å²) in [6, 6.07) is 9.46. The fourth-order valence-corrected chi connectivity index (χ4v) is 1.09. The van der Waals surface area contributed by atoms with E-state index in [1.54, 1.807) is 0 Å². The van der Waals surface area contributed by atoms with Crippen molar-refractivity contribution in [1.82, 2.24) is 0 Å². The van der Waals surface area contributed by atoms with Crippen LogP contribution in [0, 0.1) is 11.8 Å². The van der Waals surface area contributed by atoms with Crippen molar-refractivity contribution in [3.05, 3.63) is 35.9 Å². The third-order valence-corrected chi connectivity index (χ3v) is 1.73. The Hall–Kier alpha value is -1.63. The average Bonchev–Trinajstić information content (AvgIpc) is 2.30. The van der Waals surface area contributed by atoms with E-state index in [0.717, 1.165) is 5.56 Å². The highest BCUT2D eigenvalue weighted by molar-refractivity contribution is 5.72. The van der Waals surface area contributed by atoms with Crippen LogP contribution in [0.4, 0.5) is 0 Å². The molecule has 1 rings (SSSR count). The lowest BCUT2D eigenvalue weighted by molar-refractivity contribution is -0.103. The number of hydrogen-bond donors (Lipinski definition) is 0. The maximum Gasteiger partial charge on any atom is 0.192 e. The second-order valence-corrected chi connectivity index (χ2v) is 2.77. The summed E-state index contributed by atoms with van der Waals surface area (Å²) in [6.45, 7) is 0.146. The molecule has 0 saturated heterocycles. The summed E-state index contributed by atoms with van der Waals surface area (Å²) in [7, 11) is 1.54. The largest absolute Gasteiger partial charge is 0.359 e. The Bertz CT molecular complexity index is 348. The Morgan fingerprint density at radius 2 is 2.13 bits per heavy atom. The minimum atomic E-state index is -0.420. The van der Waals surface area contributed by atoms with Gasteiger partial charge in [-0.15, -0.1) is 0 Å². The molecular weight excluding hydrogens is 192 g/mol. The summed E-state index contributed by atoms with van der Waals surface area (Å²) in [5, 5.41) is 0. The van der Waals surface area contributed by atoms with Crippen LogP contribution in [-0.4, -0.2) is 20.2 Å². The number of hydrogen-bond acceptors (Lipinski definition) is 3. The Morgan fingerprint density at radius 1 is 1.40 bits per heavy atom. The van der Waals surface area contributed by atoms with Gasteiger partial charge in [-0.25, -0.2) is 0 Å². The van der Waals surface area contributed by atoms with Gasteiger partial charge in [0.2, 0.25) is 0 Å². The summed E-state index contributed by atoms with van der Waals surface area (Å²) in [6.07, 6.45) is 0.128. The van der Waals surface area contributed by atoms with Gasteiger partial charge in [0.15, 0.2) is 6.29 Å². The number of ether oxygens (including phenoxy) is 2. The van der Waals surface area contributed by atoms with Crippen molar-refractivity contribution < 1.29 is 14.3 Å². The van der Waals surface area contributed by atoms with Crippen molar-refractivity contribution >= 4 is 6.29 Å². The number of rotatable bonds is 4. The maximum absolute atomic E-state index is 10.2. The van der Waals surface area contributed by atoms with E-state index in [2.05, 4.69) is 11.8 Å². The third-order valence-electron chi connectivity index (χ3n) is 1.73. The lowest BCUT2D eigenvalue weighted by atomic mass is 10.1. The first-order chi connectivity index (χ1) is 7.38. The summed E-state index contributed by atoms with van der Waals surface area (Å²) < 4.78 is 10.1. The molecule has 3 nitrogen and oxygen atoms in total. The molecule has 0 spiro atoms. The number of aldehydes is 1. The van der Waals surface area contributed by atoms with Gasteiger partial charge >= 0.3 is 0 Å². The van der Waals surface area contributed by atoms with E-state index < -0.39 is 6.10 Å². The molecule has 78 valence electrons. The first kappa shape index (κ1) is 11.4. The molecule has 0 fully saturated rings. The first-order valence-electron chi connectivity index (χ1n) is 4.48. The molecule has 1 unspecified atom stereocenters. The van der Waals surface area contributed by atoms with Crippen LogP contribution in [0.2, 0.25) is 0 Å². The Morgan fingerprint density at radius 3 is 2.73 bits per heavy atom. The fourth-order valence-electron chi connectivity index (χ4n) is 1.09. The van der Waals surface area contributed by atoms with Crippen LogP contribution in [0.1, 0.15) is 11.7 Å². The summed E-state index contributed by atoms with van der Waals surface area (Å²) >= 11 is 0. The smallest absolute Gasteiger partial charge is 0.192 e. The second-order valence-electron chi connectivity index (χ2n) is 2.77. The quantitative estimate of drug-likeness (QED) is 0.424. The molecule has 0 aliphatic carbocycles. The number of carbonyl (C=O) groups is 1. The van der Waals surface area contributed by atoms with E-state index in [4.69, 9.17) is 9.47 Å². The molecule has 0 amide bonds. The molecular formula is C12H12O3. The van der Waals surface area contributed by atoms with Gasteiger partial charge < -0.3 is 9.47 Å². The van der Waals surface area contributed by atoms with E-state index in [-0.39, 0.29) is 6.79 Å². The zero-order chi connectivity index (χ0) is 10.9. The first-order valence-corrected chi connectivity index (χ1v) is 4.48. The molecule has 0 N–H and O–H groups in total. The molecule has 0 radical (unpaired) electrons. The number of carbonyl (C=O) groups excluding carboxylic acids is 1. The van der Waals surface area contributed by atoms with Crippen LogP contribution < -0.4 is 0 Å². The lowest BCUT2D eigenvalue weighted by Crippen LogP contribution is -2.04. The van der Waals surface area contributed by atoms with Crippen molar-refractivity contribution in [3.63, 3.8) is 0 Å². The van der Waals surface area contributed by atoms with Gasteiger partial charge in [0.05, 0.1) is 0 Å². The van der Waals surface area contributed by atoms with Crippen molar-refractivity contribution in [1.29, 1.82) is 0 Å². The van der Waals surface area contributed by atoms with E-state index in [1.807, 2.05) is 30.3 Å². The van der Waals surface area contributed by atoms with Gasteiger partial charge in [-0.1, -0.05) is 36.3 Å². The van der Waals surface area contributed by atoms with Crippen LogP contribution in [-0.2, 0) is 14.3 Å². The van der Waals surface area contributed by atoms with Crippen LogP contribution in [0.3, 0.4) is 0 Å². The Kier molecular flexibility index (Phi) is 5.16. The zero-order valence-corrected chi connectivity index (χ0v) is 8.47. The maximum atomic E-state index is 10.2. The van der Waals surface area contributed by atoms with Gasteiger partial charge in [-0.2, -0.15) is 0 Å². The van der Waals surface area contributed by atoms with Crippen LogP contribution in [0.5, 0.6) is 0 Å². The highest BCUT2D eigenvalue weighted by Crippen LogP contribution is 2.15. The van der Waals surface area contributed by atoms with Crippen LogP contribution >= 0.6 is 0 Å². The zero-order valence-electron chi connectivity index (χ0n) is 8.47. The van der Waals surface area contributed by atoms with E-state index in [0.29, 0.717) is 6.29 Å². The van der Waals surface area contributed by atoms with Gasteiger partial charge in [0, 0.05) is 7.11 Å². The van der Waals surface area contributed by atoms with Gasteiger partial charge in [-0.3, -0.25) is 4.79 Å². The molecule has 1 aromatic rings. The second kappa shape index (κ2) is 6.77. The normalized spacial score (nSPS) is 11.3. The molecule has 0 heterocycles. The standard InChI is InChI=1S/C12H12O3/c1-14-10-15-12(8-5-9-13)11-6-3-2-4-7-11/h2-4,6-7,9,12H,10H2,1H3. The van der Waals surface area contributed by atoms with Crippen molar-refractivity contribution in [2.45, 2.75) is 6.10 Å². The number of benzene rings is 1. The SMILES string of the molecule is COCOC(C#CC=O)c1ccccc1. The minimum absolute atomic E-state index is 0.146. The van der Waals surface area contributed by atoms with E-state index in [1.165, 1.54) is 7.11 Å². The van der Waals surface area contributed by atoms with Crippen molar-refractivity contribution in [2.24, 2.45) is 0 Å². The highest BCUT2D eigenvalue weighted by Gasteiger charge is 2.07. The van der Waals surface area contributed by atoms with Gasteiger partial charge in [0.25, 0.3) is 0 Å². The molecule has 3 heteroatoms. The van der Waals surface area contributed by atoms with Crippen molar-refractivity contribution in [3.8, 4) is 11.8 Å². The van der Waals surface area contributed by atoms with Gasteiger partial charge in [-0.05, 0) is 11.5 Å². The summed E-state index contributed by atoms with van der Waals surface area (Å²) in [5.74, 6) is 5.04. The average molecular weight is 204 g/mol. The third kappa shape index (κ3) is 3.94. The molecule has 0 aliphatic rings. The molecule has 0 saturated carbocycles. The highest BCUT2D eigenvalue weighted by atomic mass is 16.7. The number of methoxy groups -OCH3 is 1. The van der Waals surface area contributed by atoms with E-state index >= 15 is 0 Å². The summed E-state index contributed by atoms with van der Waals surface area (Å²) in [5.41, 5.74) is 0.906. The Balaban J connectivity index is 2.76. The van der Waals surface area contributed by atoms with Gasteiger partial charge in [0.1, 0.15) is 12.9 Å². The van der Waals surface area contributed by atoms with Crippen LogP contribution in [0.25, 0.3) is 0 Å². The predicted molar refractivity (Wildman–Crippen MR) is 56.0 cm³/mol. The molecule has 15 heavy (non-hydrogen) atoms. The lowest BCUT2D eigenvalue weighted by Gasteiger charge is -2.11. The van der Waals surface area contributed by atoms with Crippen molar-refractivity contribution in [2.75, 3.05) is 13.9 Å². The molecule has 1 atom stereocenters. The molecule has 1 aromatic carbocycles. The van der Waals surface area contributed by atoms with E-state index in [9.17, 15) is 4.79 Å². The fraction of sp³-hybridized carbons (Fsp3) is 0.250. The van der Waals surface area contributed by atoms with Crippen LogP contribution in [0.15, 0.2) is 30.3 Å². The summed E-state index contributed by atoms with van der Waals surface area (Å²) in [4.78, 5) is 10.2. The topological polar surface area (TPSA) is 35.5 Å². The monoisotopic (exact) mass is 204 g/mol.